The molecule has 0 fully saturated rings. The van der Waals surface area contributed by atoms with Crippen LogP contribution in [0.15, 0.2) is 18.3 Å². The maximum absolute atomic E-state index is 11.5. The number of anilines is 2. The van der Waals surface area contributed by atoms with E-state index in [1.165, 1.54) is 6.20 Å². The number of hydrogen-bond acceptors (Lipinski definition) is 6. The third kappa shape index (κ3) is 2.98. The third-order valence-electron chi connectivity index (χ3n) is 3.32. The molecule has 1 aromatic carbocycles. The van der Waals surface area contributed by atoms with Crippen LogP contribution in [0.25, 0.3) is 0 Å². The zero-order valence-corrected chi connectivity index (χ0v) is 13.1. The molecule has 0 bridgehead atoms. The first kappa shape index (κ1) is 15.7. The smallest absolute Gasteiger partial charge is 0.392 e. The molecule has 2 aromatic rings. The van der Waals surface area contributed by atoms with Gasteiger partial charge in [-0.1, -0.05) is 13.8 Å². The number of methoxy groups -OCH3 is 1. The van der Waals surface area contributed by atoms with Gasteiger partial charge in [-0.05, 0) is 35.5 Å². The fraction of sp³-hybridized carbons (Fsp3) is 0.333. The molecule has 7 heteroatoms. The van der Waals surface area contributed by atoms with Crippen molar-refractivity contribution in [1.29, 1.82) is 0 Å². The molecule has 118 valence electrons. The molecule has 0 unspecified atom stereocenters. The zero-order valence-electron chi connectivity index (χ0n) is 13.1. The van der Waals surface area contributed by atoms with Crippen LogP contribution in [-0.4, -0.2) is 12.1 Å². The largest absolute Gasteiger partial charge is 0.740 e. The van der Waals surface area contributed by atoms with Gasteiger partial charge in [0.05, 0.1) is 7.11 Å². The van der Waals surface area contributed by atoms with Gasteiger partial charge in [0.1, 0.15) is 17.7 Å². The minimum absolute atomic E-state index is 0.0628. The highest BCUT2D eigenvalue weighted by Crippen LogP contribution is 2.36. The third-order valence-corrected chi connectivity index (χ3v) is 3.32. The van der Waals surface area contributed by atoms with Crippen LogP contribution in [-0.2, 0) is 0 Å². The summed E-state index contributed by atoms with van der Waals surface area (Å²) in [6.07, 6.45) is 1.17. The van der Waals surface area contributed by atoms with Crippen LogP contribution < -0.4 is 25.7 Å². The first-order valence-corrected chi connectivity index (χ1v) is 6.85. The molecule has 2 rings (SSSR count). The predicted octanol–water partition coefficient (Wildman–Crippen LogP) is 2.11. The molecule has 0 spiro atoms. The van der Waals surface area contributed by atoms with Gasteiger partial charge in [-0.2, -0.15) is 0 Å². The molecular formula is C15H20N4O3. The van der Waals surface area contributed by atoms with E-state index < -0.39 is 0 Å². The van der Waals surface area contributed by atoms with Gasteiger partial charge in [0.15, 0.2) is 0 Å². The topological polar surface area (TPSA) is 110 Å². The summed E-state index contributed by atoms with van der Waals surface area (Å²) in [6, 6.07) is 3.76. The van der Waals surface area contributed by atoms with Crippen LogP contribution in [0.1, 0.15) is 30.9 Å². The van der Waals surface area contributed by atoms with Gasteiger partial charge in [-0.25, -0.2) is 4.73 Å². The number of rotatable bonds is 4. The van der Waals surface area contributed by atoms with Crippen LogP contribution in [0.3, 0.4) is 0 Å². The van der Waals surface area contributed by atoms with E-state index in [0.717, 1.165) is 16.9 Å². The van der Waals surface area contributed by atoms with Crippen LogP contribution in [0.5, 0.6) is 17.2 Å². The van der Waals surface area contributed by atoms with Gasteiger partial charge in [-0.15, -0.1) is 0 Å². The molecule has 1 aromatic heterocycles. The summed E-state index contributed by atoms with van der Waals surface area (Å²) in [5, 5.41) is 11.5. The normalized spacial score (nSPS) is 10.8. The lowest BCUT2D eigenvalue weighted by Crippen LogP contribution is -2.31. The Labute approximate surface area is 129 Å². The van der Waals surface area contributed by atoms with Crippen LogP contribution in [0, 0.1) is 12.1 Å². The van der Waals surface area contributed by atoms with Gasteiger partial charge in [0, 0.05) is 5.56 Å². The Kier molecular flexibility index (Phi) is 4.25. The van der Waals surface area contributed by atoms with Crippen LogP contribution in [0.2, 0.25) is 0 Å². The van der Waals surface area contributed by atoms with Crippen molar-refractivity contribution in [2.24, 2.45) is 0 Å². The number of nitrogens with two attached hydrogens (primary N) is 2. The van der Waals surface area contributed by atoms with Crippen molar-refractivity contribution in [1.82, 2.24) is 4.98 Å². The van der Waals surface area contributed by atoms with Crippen molar-refractivity contribution >= 4 is 11.8 Å². The predicted molar refractivity (Wildman–Crippen MR) is 83.9 cm³/mol. The van der Waals surface area contributed by atoms with E-state index >= 15 is 0 Å². The number of hydrogen-bond donors (Lipinski definition) is 2. The Hall–Kier alpha value is -2.70. The maximum Gasteiger partial charge on any atom is 0.392 e. The lowest BCUT2D eigenvalue weighted by Gasteiger charge is -2.17. The zero-order chi connectivity index (χ0) is 16.4. The summed E-state index contributed by atoms with van der Waals surface area (Å²) in [4.78, 5) is 3.76. The summed E-state index contributed by atoms with van der Waals surface area (Å²) in [6.45, 7) is 5.98. The van der Waals surface area contributed by atoms with Gasteiger partial charge >= 0.3 is 5.95 Å². The Morgan fingerprint density at radius 1 is 1.18 bits per heavy atom. The molecular weight excluding hydrogens is 284 g/mol. The average molecular weight is 304 g/mol. The molecule has 0 saturated heterocycles. The fourth-order valence-electron chi connectivity index (χ4n) is 2.10. The number of nitrogens with zero attached hydrogens (tertiary/aromatic N) is 2. The molecule has 0 aliphatic rings. The van der Waals surface area contributed by atoms with Crippen LogP contribution in [0.4, 0.5) is 11.8 Å². The van der Waals surface area contributed by atoms with Crippen molar-refractivity contribution < 1.29 is 14.2 Å². The van der Waals surface area contributed by atoms with Crippen molar-refractivity contribution in [3.05, 3.63) is 34.7 Å². The highest BCUT2D eigenvalue weighted by molar-refractivity contribution is 5.52. The first-order chi connectivity index (χ1) is 10.3. The SMILES string of the molecule is COc1cc(C(C)C)c(Oc2c[n+]([O-])c(N)nc2N)cc1C. The first-order valence-electron chi connectivity index (χ1n) is 6.85. The second-order valence-electron chi connectivity index (χ2n) is 5.29. The number of nitrogen functional groups attached to an aromatic ring is 2. The summed E-state index contributed by atoms with van der Waals surface area (Å²) in [7, 11) is 1.62. The Morgan fingerprint density at radius 2 is 1.86 bits per heavy atom. The lowest BCUT2D eigenvalue weighted by molar-refractivity contribution is -0.592. The van der Waals surface area contributed by atoms with Crippen molar-refractivity contribution in [2.45, 2.75) is 26.7 Å². The van der Waals surface area contributed by atoms with Gasteiger partial charge in [-0.3, -0.25) is 5.73 Å². The molecule has 0 aliphatic heterocycles. The van der Waals surface area contributed by atoms with Crippen LogP contribution >= 0.6 is 0 Å². The number of aromatic nitrogens is 2. The standard InChI is InChI=1S/C15H20N4O3/c1-8(2)10-6-11(21-4)9(3)5-12(10)22-13-7-19(20)15(17)18-14(13)16/h5-8H,1-4H3,(H4,16,17,18). The molecule has 7 nitrogen and oxygen atoms in total. The number of aryl methyl sites for hydroxylation is 1. The average Bonchev–Trinajstić information content (AvgIpc) is 2.44. The van der Waals surface area contributed by atoms with Gasteiger partial charge < -0.3 is 20.4 Å². The van der Waals surface area contributed by atoms with E-state index in [4.69, 9.17) is 20.9 Å². The molecule has 22 heavy (non-hydrogen) atoms. The summed E-state index contributed by atoms with van der Waals surface area (Å²) in [5.74, 6) is 1.58. The van der Waals surface area contributed by atoms with Crippen molar-refractivity contribution in [2.75, 3.05) is 18.6 Å². The maximum atomic E-state index is 11.5. The Bertz CT molecular complexity index is 702. The molecule has 0 aliphatic carbocycles. The second kappa shape index (κ2) is 5.97. The second-order valence-corrected chi connectivity index (χ2v) is 5.29. The van der Waals surface area contributed by atoms with Crippen molar-refractivity contribution in [3.63, 3.8) is 0 Å². The van der Waals surface area contributed by atoms with Crippen molar-refractivity contribution in [3.8, 4) is 17.2 Å². The van der Waals surface area contributed by atoms with E-state index in [9.17, 15) is 5.21 Å². The number of ether oxygens (including phenoxy) is 2. The minimum atomic E-state index is -0.222. The molecule has 1 heterocycles. The van der Waals surface area contributed by atoms with Gasteiger partial charge in [0.25, 0.3) is 0 Å². The Morgan fingerprint density at radius 3 is 2.45 bits per heavy atom. The van der Waals surface area contributed by atoms with Gasteiger partial charge in [0.2, 0.25) is 11.6 Å². The van der Waals surface area contributed by atoms with E-state index in [0.29, 0.717) is 10.5 Å². The lowest BCUT2D eigenvalue weighted by atomic mass is 10.00. The van der Waals surface area contributed by atoms with E-state index in [1.54, 1.807) is 7.11 Å². The Balaban J connectivity index is 2.49. The highest BCUT2D eigenvalue weighted by atomic mass is 16.5. The van der Waals surface area contributed by atoms with E-state index in [1.807, 2.05) is 32.9 Å². The molecule has 0 saturated carbocycles. The minimum Gasteiger partial charge on any atom is -0.740 e. The summed E-state index contributed by atoms with van der Waals surface area (Å²) >= 11 is 0. The quantitative estimate of drug-likeness (QED) is 0.661. The molecule has 4 N–H and O–H groups in total. The fourth-order valence-corrected chi connectivity index (χ4v) is 2.10. The molecule has 0 atom stereocenters. The summed E-state index contributed by atoms with van der Waals surface area (Å²) in [5.41, 5.74) is 13.0. The van der Waals surface area contributed by atoms with E-state index in [2.05, 4.69) is 4.98 Å². The van der Waals surface area contributed by atoms with E-state index in [-0.39, 0.29) is 23.4 Å². The highest BCUT2D eigenvalue weighted by Gasteiger charge is 2.17. The molecule has 0 radical (unpaired) electrons. The summed E-state index contributed by atoms with van der Waals surface area (Å²) < 4.78 is 11.5. The number of benzene rings is 1. The molecule has 0 amide bonds. The monoisotopic (exact) mass is 304 g/mol.